The highest BCUT2D eigenvalue weighted by Gasteiger charge is 2.49. The molecule has 2 unspecified atom stereocenters. The van der Waals surface area contributed by atoms with E-state index in [1.54, 1.807) is 32.0 Å². The lowest BCUT2D eigenvalue weighted by Crippen LogP contribution is -2.40. The van der Waals surface area contributed by atoms with Crippen molar-refractivity contribution < 1.29 is 33.3 Å². The fraction of sp³-hybridized carbons (Fsp3) is 0.500. The minimum absolute atomic E-state index is 0.0144. The number of hydrogen-bond donors (Lipinski definition) is 1. The number of esters is 2. The minimum Gasteiger partial charge on any atom is -0.493 e. The summed E-state index contributed by atoms with van der Waals surface area (Å²) in [6, 6.07) is 5.17. The van der Waals surface area contributed by atoms with E-state index in [1.807, 2.05) is 20.8 Å². The normalized spacial score (nSPS) is 19.5. The van der Waals surface area contributed by atoms with Gasteiger partial charge in [-0.2, -0.15) is 0 Å². The molecular formula is C26H34N2O7S. The zero-order chi connectivity index (χ0) is 26.6. The Morgan fingerprint density at radius 3 is 2.42 bits per heavy atom. The van der Waals surface area contributed by atoms with Gasteiger partial charge < -0.3 is 24.7 Å². The summed E-state index contributed by atoms with van der Waals surface area (Å²) >= 11 is 1.21. The monoisotopic (exact) mass is 518 g/mol. The first kappa shape index (κ1) is 27.4. The fourth-order valence-corrected chi connectivity index (χ4v) is 5.24. The van der Waals surface area contributed by atoms with Gasteiger partial charge >= 0.3 is 11.9 Å². The van der Waals surface area contributed by atoms with Gasteiger partial charge in [0.2, 0.25) is 5.91 Å². The molecule has 2 aliphatic rings. The zero-order valence-corrected chi connectivity index (χ0v) is 22.4. The molecule has 2 N–H and O–H groups in total. The first-order valence-corrected chi connectivity index (χ1v) is 13.0. The summed E-state index contributed by atoms with van der Waals surface area (Å²) in [5.41, 5.74) is 7.21. The van der Waals surface area contributed by atoms with Crippen LogP contribution in [0.25, 0.3) is 0 Å². The number of rotatable bonds is 10. The number of nitrogens with two attached hydrogens (primary N) is 1. The van der Waals surface area contributed by atoms with E-state index in [2.05, 4.69) is 0 Å². The van der Waals surface area contributed by atoms with E-state index in [0.29, 0.717) is 28.5 Å². The lowest BCUT2D eigenvalue weighted by Gasteiger charge is -2.33. The van der Waals surface area contributed by atoms with Crippen LogP contribution in [0.3, 0.4) is 0 Å². The second-order valence-corrected chi connectivity index (χ2v) is 10.0. The molecular weight excluding hydrogens is 484 g/mol. The van der Waals surface area contributed by atoms with Crippen LogP contribution in [0, 0.1) is 0 Å². The van der Waals surface area contributed by atoms with Crippen LogP contribution in [-0.4, -0.2) is 54.4 Å². The second kappa shape index (κ2) is 11.7. The van der Waals surface area contributed by atoms with Crippen LogP contribution in [0.2, 0.25) is 0 Å². The number of amides is 1. The number of nitrogens with zero attached hydrogens (tertiary/aromatic N) is 1. The number of ether oxygens (including phenoxy) is 4. The molecule has 1 fully saturated rings. The van der Waals surface area contributed by atoms with E-state index in [9.17, 15) is 14.4 Å². The quantitative estimate of drug-likeness (QED) is 0.364. The average Bonchev–Trinajstić information content (AvgIpc) is 3.13. The third kappa shape index (κ3) is 5.33. The van der Waals surface area contributed by atoms with E-state index >= 15 is 0 Å². The van der Waals surface area contributed by atoms with E-state index in [-0.39, 0.29) is 42.2 Å². The molecule has 1 amide bonds. The molecule has 196 valence electrons. The Balaban J connectivity index is 2.24. The van der Waals surface area contributed by atoms with Crippen molar-refractivity contribution in [2.45, 2.75) is 64.7 Å². The van der Waals surface area contributed by atoms with Gasteiger partial charge in [-0.15, -0.1) is 0 Å². The lowest BCUT2D eigenvalue weighted by atomic mass is 9.82. The van der Waals surface area contributed by atoms with Crippen LogP contribution in [0.4, 0.5) is 0 Å². The summed E-state index contributed by atoms with van der Waals surface area (Å²) in [7, 11) is 1.51. The topological polar surface area (TPSA) is 117 Å². The summed E-state index contributed by atoms with van der Waals surface area (Å²) < 4.78 is 22.3. The number of fused-ring (bicyclic) bond motifs is 1. The van der Waals surface area contributed by atoms with Gasteiger partial charge in [0, 0.05) is 0 Å². The number of carbonyl (C=O) groups is 3. The van der Waals surface area contributed by atoms with Crippen molar-refractivity contribution in [1.29, 1.82) is 0 Å². The highest BCUT2D eigenvalue weighted by molar-refractivity contribution is 8.04. The predicted octanol–water partition coefficient (Wildman–Crippen LogP) is 3.83. The number of methoxy groups -OCH3 is 1. The van der Waals surface area contributed by atoms with Crippen LogP contribution in [0.15, 0.2) is 40.2 Å². The predicted molar refractivity (Wildman–Crippen MR) is 136 cm³/mol. The Morgan fingerprint density at radius 1 is 1.11 bits per heavy atom. The van der Waals surface area contributed by atoms with Crippen molar-refractivity contribution in [3.63, 3.8) is 0 Å². The van der Waals surface area contributed by atoms with Crippen LogP contribution in [-0.2, 0) is 23.9 Å². The first-order chi connectivity index (χ1) is 17.2. The molecule has 1 saturated heterocycles. The molecule has 0 aliphatic carbocycles. The molecule has 0 radical (unpaired) electrons. The number of unbranched alkanes of at least 4 members (excludes halogenated alkanes) is 1. The zero-order valence-electron chi connectivity index (χ0n) is 21.6. The van der Waals surface area contributed by atoms with Gasteiger partial charge in [-0.1, -0.05) is 31.2 Å². The van der Waals surface area contributed by atoms with Crippen molar-refractivity contribution in [3.8, 4) is 11.5 Å². The van der Waals surface area contributed by atoms with Gasteiger partial charge in [-0.3, -0.25) is 9.69 Å². The average molecular weight is 519 g/mol. The molecule has 0 saturated carbocycles. The highest BCUT2D eigenvalue weighted by atomic mass is 32.2. The van der Waals surface area contributed by atoms with Crippen molar-refractivity contribution in [1.82, 2.24) is 4.90 Å². The molecule has 1 aromatic carbocycles. The lowest BCUT2D eigenvalue weighted by molar-refractivity contribution is -0.140. The van der Waals surface area contributed by atoms with Crippen LogP contribution in [0.5, 0.6) is 11.5 Å². The standard InChI is InChI=1S/C26H34N2O7S/c1-7-9-12-34-25(30)20-19(16-10-11-17(35-14(3)4)18(13-16)32-6)21(26(31)33-8-2)24-28(22(20)27)23(29)15(5)36-24/h10-11,13-15,19H,7-9,12,27H2,1-6H3. The van der Waals surface area contributed by atoms with Crippen molar-refractivity contribution in [2.24, 2.45) is 5.73 Å². The molecule has 2 aliphatic heterocycles. The maximum atomic E-state index is 13.4. The number of hydrogen-bond acceptors (Lipinski definition) is 9. The van der Waals surface area contributed by atoms with Gasteiger partial charge in [0.15, 0.2) is 11.5 Å². The third-order valence-electron chi connectivity index (χ3n) is 5.71. The van der Waals surface area contributed by atoms with Gasteiger partial charge in [-0.05, 0) is 51.8 Å². The maximum Gasteiger partial charge on any atom is 0.338 e. The SMILES string of the molecule is CCCCOC(=O)C1=C(N)N2C(=O)C(C)SC2=C(C(=O)OCC)C1c1ccc(OC(C)C)c(OC)c1. The summed E-state index contributed by atoms with van der Waals surface area (Å²) in [5, 5.41) is -0.129. The van der Waals surface area contributed by atoms with Crippen molar-refractivity contribution in [2.75, 3.05) is 20.3 Å². The summed E-state index contributed by atoms with van der Waals surface area (Å²) in [5.74, 6) is -1.68. The van der Waals surface area contributed by atoms with Gasteiger partial charge in [0.25, 0.3) is 0 Å². The smallest absolute Gasteiger partial charge is 0.338 e. The van der Waals surface area contributed by atoms with Crippen LogP contribution in [0.1, 0.15) is 58.9 Å². The fourth-order valence-electron chi connectivity index (χ4n) is 4.07. The Kier molecular flexibility index (Phi) is 8.94. The van der Waals surface area contributed by atoms with Gasteiger partial charge in [-0.25, -0.2) is 9.59 Å². The molecule has 2 atom stereocenters. The van der Waals surface area contributed by atoms with Crippen LogP contribution >= 0.6 is 11.8 Å². The first-order valence-electron chi connectivity index (χ1n) is 12.1. The van der Waals surface area contributed by atoms with Crippen LogP contribution < -0.4 is 15.2 Å². The number of carbonyl (C=O) groups excluding carboxylic acids is 3. The van der Waals surface area contributed by atoms with Gasteiger partial charge in [0.1, 0.15) is 5.82 Å². The molecule has 0 spiro atoms. The Labute approximate surface area is 216 Å². The Morgan fingerprint density at radius 2 is 1.81 bits per heavy atom. The molecule has 2 heterocycles. The number of benzene rings is 1. The largest absolute Gasteiger partial charge is 0.493 e. The number of thioether (sulfide) groups is 1. The maximum absolute atomic E-state index is 13.4. The molecule has 3 rings (SSSR count). The molecule has 10 heteroatoms. The summed E-state index contributed by atoms with van der Waals surface area (Å²) in [6.07, 6.45) is 1.41. The van der Waals surface area contributed by atoms with E-state index in [0.717, 1.165) is 6.42 Å². The molecule has 0 bridgehead atoms. The van der Waals surface area contributed by atoms with E-state index in [1.165, 1.54) is 23.8 Å². The van der Waals surface area contributed by atoms with Crippen molar-refractivity contribution >= 4 is 29.6 Å². The van der Waals surface area contributed by atoms with E-state index < -0.39 is 23.1 Å². The third-order valence-corrected chi connectivity index (χ3v) is 6.90. The highest BCUT2D eigenvalue weighted by Crippen LogP contribution is 2.50. The molecule has 36 heavy (non-hydrogen) atoms. The summed E-state index contributed by atoms with van der Waals surface area (Å²) in [4.78, 5) is 41.0. The Bertz CT molecular complexity index is 1100. The van der Waals surface area contributed by atoms with Crippen molar-refractivity contribution in [3.05, 3.63) is 45.8 Å². The summed E-state index contributed by atoms with van der Waals surface area (Å²) in [6.45, 7) is 9.51. The minimum atomic E-state index is -0.933. The second-order valence-electron chi connectivity index (χ2n) is 8.67. The molecule has 9 nitrogen and oxygen atoms in total. The Hall–Kier alpha value is -3.14. The molecule has 1 aromatic rings. The molecule has 0 aromatic heterocycles. The van der Waals surface area contributed by atoms with E-state index in [4.69, 9.17) is 24.7 Å². The van der Waals surface area contributed by atoms with Gasteiger partial charge in [0.05, 0.1) is 53.8 Å².